The quantitative estimate of drug-likeness (QED) is 0.839. The molecule has 0 radical (unpaired) electrons. The van der Waals surface area contributed by atoms with Crippen molar-refractivity contribution < 1.29 is 14.2 Å². The molecular formula is C17H27NO3. The van der Waals surface area contributed by atoms with Crippen molar-refractivity contribution in [3.63, 3.8) is 0 Å². The van der Waals surface area contributed by atoms with Crippen LogP contribution < -0.4 is 10.1 Å². The summed E-state index contributed by atoms with van der Waals surface area (Å²) < 4.78 is 16.1. The fourth-order valence-corrected chi connectivity index (χ4v) is 2.77. The van der Waals surface area contributed by atoms with E-state index in [1.54, 1.807) is 14.2 Å². The summed E-state index contributed by atoms with van der Waals surface area (Å²) in [6, 6.07) is 6.61. The molecule has 118 valence electrons. The lowest BCUT2D eigenvalue weighted by molar-refractivity contribution is 0.0540. The van der Waals surface area contributed by atoms with E-state index in [0.29, 0.717) is 18.6 Å². The predicted octanol–water partition coefficient (Wildman–Crippen LogP) is 2.92. The second-order valence-corrected chi connectivity index (χ2v) is 5.72. The first-order valence-corrected chi connectivity index (χ1v) is 7.71. The standard InChI is InChI=1S/C17H27NO3/c1-13(18-10-14-5-4-8-21-11-14)15-6-7-17(20-3)16(9-15)12-19-2/h6-7,9,13-14,18H,4-5,8,10-12H2,1-3H3. The van der Waals surface area contributed by atoms with Gasteiger partial charge in [0.25, 0.3) is 0 Å². The van der Waals surface area contributed by atoms with Crippen molar-refractivity contribution in [1.29, 1.82) is 0 Å². The molecule has 1 aliphatic rings. The Hall–Kier alpha value is -1.10. The maximum atomic E-state index is 5.53. The van der Waals surface area contributed by atoms with Gasteiger partial charge >= 0.3 is 0 Å². The van der Waals surface area contributed by atoms with Crippen LogP contribution in [0.3, 0.4) is 0 Å². The molecule has 0 aliphatic carbocycles. The highest BCUT2D eigenvalue weighted by molar-refractivity contribution is 5.38. The van der Waals surface area contributed by atoms with Crippen molar-refractivity contribution in [3.8, 4) is 5.75 Å². The molecule has 0 amide bonds. The van der Waals surface area contributed by atoms with E-state index in [4.69, 9.17) is 14.2 Å². The van der Waals surface area contributed by atoms with Crippen LogP contribution in [0.5, 0.6) is 5.75 Å². The van der Waals surface area contributed by atoms with Gasteiger partial charge < -0.3 is 19.5 Å². The molecule has 1 heterocycles. The fraction of sp³-hybridized carbons (Fsp3) is 0.647. The number of rotatable bonds is 7. The minimum absolute atomic E-state index is 0.313. The van der Waals surface area contributed by atoms with Gasteiger partial charge in [0.15, 0.2) is 0 Å². The normalized spacial score (nSPS) is 20.2. The molecule has 1 aromatic carbocycles. The van der Waals surface area contributed by atoms with Crippen molar-refractivity contribution in [1.82, 2.24) is 5.32 Å². The van der Waals surface area contributed by atoms with Crippen LogP contribution in [0.15, 0.2) is 18.2 Å². The SMILES string of the molecule is COCc1cc(C(C)NCC2CCCOC2)ccc1OC. The number of hydrogen-bond acceptors (Lipinski definition) is 4. The van der Waals surface area contributed by atoms with Gasteiger partial charge in [0.05, 0.1) is 20.3 Å². The van der Waals surface area contributed by atoms with Crippen LogP contribution in [0, 0.1) is 5.92 Å². The zero-order valence-electron chi connectivity index (χ0n) is 13.4. The highest BCUT2D eigenvalue weighted by Crippen LogP contribution is 2.24. The van der Waals surface area contributed by atoms with Crippen molar-refractivity contribution in [2.24, 2.45) is 5.92 Å². The predicted molar refractivity (Wildman–Crippen MR) is 83.7 cm³/mol. The summed E-state index contributed by atoms with van der Waals surface area (Å²) in [4.78, 5) is 0. The molecule has 1 fully saturated rings. The second kappa shape index (κ2) is 8.37. The van der Waals surface area contributed by atoms with Gasteiger partial charge in [0.1, 0.15) is 5.75 Å². The van der Waals surface area contributed by atoms with Gasteiger partial charge in [-0.1, -0.05) is 6.07 Å². The third kappa shape index (κ3) is 4.70. The van der Waals surface area contributed by atoms with E-state index < -0.39 is 0 Å². The zero-order chi connectivity index (χ0) is 15.1. The molecule has 1 aliphatic heterocycles. The summed E-state index contributed by atoms with van der Waals surface area (Å²) in [5.74, 6) is 1.52. The van der Waals surface area contributed by atoms with Gasteiger partial charge in [0, 0.05) is 31.9 Å². The van der Waals surface area contributed by atoms with E-state index in [0.717, 1.165) is 31.1 Å². The Morgan fingerprint density at radius 3 is 2.90 bits per heavy atom. The molecular weight excluding hydrogens is 266 g/mol. The topological polar surface area (TPSA) is 39.7 Å². The van der Waals surface area contributed by atoms with Gasteiger partial charge in [-0.05, 0) is 43.4 Å². The Kier molecular flexibility index (Phi) is 6.49. The van der Waals surface area contributed by atoms with Crippen LogP contribution in [0.25, 0.3) is 0 Å². The highest BCUT2D eigenvalue weighted by Gasteiger charge is 2.15. The summed E-state index contributed by atoms with van der Waals surface area (Å²) >= 11 is 0. The van der Waals surface area contributed by atoms with E-state index in [9.17, 15) is 0 Å². The van der Waals surface area contributed by atoms with Gasteiger partial charge in [-0.15, -0.1) is 0 Å². The minimum atomic E-state index is 0.313. The maximum Gasteiger partial charge on any atom is 0.124 e. The van der Waals surface area contributed by atoms with E-state index in [2.05, 4.69) is 24.4 Å². The number of nitrogens with one attached hydrogen (secondary N) is 1. The summed E-state index contributed by atoms with van der Waals surface area (Å²) in [6.45, 7) is 5.58. The van der Waals surface area contributed by atoms with Crippen molar-refractivity contribution in [2.45, 2.75) is 32.4 Å². The van der Waals surface area contributed by atoms with Crippen molar-refractivity contribution >= 4 is 0 Å². The molecule has 21 heavy (non-hydrogen) atoms. The first-order chi connectivity index (χ1) is 10.2. The Morgan fingerprint density at radius 2 is 2.24 bits per heavy atom. The smallest absolute Gasteiger partial charge is 0.124 e. The van der Waals surface area contributed by atoms with Crippen LogP contribution in [0.4, 0.5) is 0 Å². The summed E-state index contributed by atoms with van der Waals surface area (Å²) in [6.07, 6.45) is 2.44. The molecule has 1 N–H and O–H groups in total. The largest absolute Gasteiger partial charge is 0.496 e. The third-order valence-electron chi connectivity index (χ3n) is 4.07. The van der Waals surface area contributed by atoms with Gasteiger partial charge in [-0.2, -0.15) is 0 Å². The first-order valence-electron chi connectivity index (χ1n) is 7.71. The Morgan fingerprint density at radius 1 is 1.38 bits per heavy atom. The van der Waals surface area contributed by atoms with E-state index in [-0.39, 0.29) is 0 Å². The summed E-state index contributed by atoms with van der Waals surface area (Å²) in [5, 5.41) is 3.61. The molecule has 2 rings (SSSR count). The Balaban J connectivity index is 1.94. The average Bonchev–Trinajstić information content (AvgIpc) is 2.54. The number of benzene rings is 1. The highest BCUT2D eigenvalue weighted by atomic mass is 16.5. The molecule has 2 atom stereocenters. The fourth-order valence-electron chi connectivity index (χ4n) is 2.77. The monoisotopic (exact) mass is 293 g/mol. The molecule has 0 aromatic heterocycles. The van der Waals surface area contributed by atoms with E-state index in [1.165, 1.54) is 18.4 Å². The van der Waals surface area contributed by atoms with E-state index >= 15 is 0 Å². The summed E-state index contributed by atoms with van der Waals surface area (Å²) in [7, 11) is 3.40. The van der Waals surface area contributed by atoms with Gasteiger partial charge in [-0.3, -0.25) is 0 Å². The Bertz CT molecular complexity index is 430. The number of ether oxygens (including phenoxy) is 3. The number of methoxy groups -OCH3 is 2. The Labute approximate surface area is 127 Å². The molecule has 2 unspecified atom stereocenters. The van der Waals surface area contributed by atoms with Crippen LogP contribution in [-0.2, 0) is 16.1 Å². The molecule has 0 saturated carbocycles. The van der Waals surface area contributed by atoms with Gasteiger partial charge in [-0.25, -0.2) is 0 Å². The molecule has 0 spiro atoms. The zero-order valence-corrected chi connectivity index (χ0v) is 13.4. The minimum Gasteiger partial charge on any atom is -0.496 e. The van der Waals surface area contributed by atoms with Gasteiger partial charge in [0.2, 0.25) is 0 Å². The molecule has 1 saturated heterocycles. The van der Waals surface area contributed by atoms with Crippen molar-refractivity contribution in [2.75, 3.05) is 34.0 Å². The lowest BCUT2D eigenvalue weighted by atomic mass is 10.0. The van der Waals surface area contributed by atoms with Crippen LogP contribution >= 0.6 is 0 Å². The first kappa shape index (κ1) is 16.3. The summed E-state index contributed by atoms with van der Waals surface area (Å²) in [5.41, 5.74) is 2.35. The maximum absolute atomic E-state index is 5.53. The molecule has 1 aromatic rings. The molecule has 0 bridgehead atoms. The third-order valence-corrected chi connectivity index (χ3v) is 4.07. The second-order valence-electron chi connectivity index (χ2n) is 5.72. The van der Waals surface area contributed by atoms with Crippen LogP contribution in [0.1, 0.15) is 36.9 Å². The lowest BCUT2D eigenvalue weighted by Crippen LogP contribution is -2.30. The number of hydrogen-bond donors (Lipinski definition) is 1. The van der Waals surface area contributed by atoms with Crippen molar-refractivity contribution in [3.05, 3.63) is 29.3 Å². The lowest BCUT2D eigenvalue weighted by Gasteiger charge is -2.24. The molecule has 4 nitrogen and oxygen atoms in total. The molecule has 4 heteroatoms. The average molecular weight is 293 g/mol. The van der Waals surface area contributed by atoms with E-state index in [1.807, 2.05) is 6.07 Å². The van der Waals surface area contributed by atoms with Crippen LogP contribution in [-0.4, -0.2) is 34.0 Å². The van der Waals surface area contributed by atoms with Crippen LogP contribution in [0.2, 0.25) is 0 Å².